The predicted molar refractivity (Wildman–Crippen MR) is 144 cm³/mol. The van der Waals surface area contributed by atoms with Gasteiger partial charge >= 0.3 is 0 Å². The summed E-state index contributed by atoms with van der Waals surface area (Å²) in [6, 6.07) is 0. The maximum atomic E-state index is 11.9. The smallest absolute Gasteiger partial charge is 0.192 e. The first-order chi connectivity index (χ1) is 15.9. The molecular formula is C30H54O4Si. The van der Waals surface area contributed by atoms with Crippen LogP contribution in [0.2, 0.25) is 18.1 Å². The normalized spacial score (nSPS) is 53.5. The Kier molecular flexibility index (Phi) is 5.94. The van der Waals surface area contributed by atoms with Crippen molar-refractivity contribution in [3.8, 4) is 0 Å². The van der Waals surface area contributed by atoms with Gasteiger partial charge in [-0.3, -0.25) is 0 Å². The SMILES string of the molecule is C[C@H]1CC[C@]2(C)C3CC[C@]4(C)C(O[Si](C)(C)C(C)(C)C)CCC4C3C3OC(C)(C)OC3C2[C@@]1(C)O. The molecule has 1 saturated heterocycles. The predicted octanol–water partition coefficient (Wildman–Crippen LogP) is 7.16. The minimum absolute atomic E-state index is 0.0308. The van der Waals surface area contributed by atoms with E-state index in [2.05, 4.69) is 75.4 Å². The second-order valence-corrected chi connectivity index (χ2v) is 20.7. The quantitative estimate of drug-likeness (QED) is 0.404. The van der Waals surface area contributed by atoms with Gasteiger partial charge in [0.2, 0.25) is 0 Å². The monoisotopic (exact) mass is 506 g/mol. The first-order valence-corrected chi connectivity index (χ1v) is 17.5. The highest BCUT2D eigenvalue weighted by Crippen LogP contribution is 2.70. The lowest BCUT2D eigenvalue weighted by atomic mass is 9.41. The van der Waals surface area contributed by atoms with Crippen molar-refractivity contribution in [1.82, 2.24) is 0 Å². The fourth-order valence-corrected chi connectivity index (χ4v) is 11.0. The molecule has 5 fully saturated rings. The highest BCUT2D eigenvalue weighted by atomic mass is 28.4. The lowest BCUT2D eigenvalue weighted by Gasteiger charge is -2.66. The molecule has 5 heteroatoms. The van der Waals surface area contributed by atoms with Crippen molar-refractivity contribution < 1.29 is 19.0 Å². The Morgan fingerprint density at radius 1 is 0.829 bits per heavy atom. The van der Waals surface area contributed by atoms with Crippen molar-refractivity contribution in [1.29, 1.82) is 0 Å². The average molecular weight is 507 g/mol. The maximum absolute atomic E-state index is 11.9. The summed E-state index contributed by atoms with van der Waals surface area (Å²) >= 11 is 0. The van der Waals surface area contributed by atoms with Crippen LogP contribution in [0, 0.1) is 40.4 Å². The van der Waals surface area contributed by atoms with Crippen LogP contribution in [-0.2, 0) is 13.9 Å². The molecule has 4 saturated carbocycles. The molecule has 1 heterocycles. The number of fused-ring (bicyclic) bond motifs is 8. The molecule has 0 aromatic rings. The van der Waals surface area contributed by atoms with E-state index in [9.17, 15) is 5.11 Å². The van der Waals surface area contributed by atoms with Crippen LogP contribution in [-0.4, -0.2) is 43.1 Å². The van der Waals surface area contributed by atoms with E-state index < -0.39 is 19.7 Å². The van der Waals surface area contributed by atoms with Gasteiger partial charge in [0.25, 0.3) is 0 Å². The van der Waals surface area contributed by atoms with E-state index in [1.807, 2.05) is 0 Å². The van der Waals surface area contributed by atoms with E-state index in [-0.39, 0.29) is 39.9 Å². The van der Waals surface area contributed by atoms with Crippen molar-refractivity contribution in [2.45, 2.75) is 149 Å². The number of rotatable bonds is 2. The molecule has 5 aliphatic rings. The average Bonchev–Trinajstić information content (AvgIpc) is 3.19. The summed E-state index contributed by atoms with van der Waals surface area (Å²) in [4.78, 5) is 0. The minimum atomic E-state index is -1.84. The summed E-state index contributed by atoms with van der Waals surface area (Å²) in [5.74, 6) is 1.48. The Bertz CT molecular complexity index is 846. The summed E-state index contributed by atoms with van der Waals surface area (Å²) in [7, 11) is -1.84. The minimum Gasteiger partial charge on any atom is -0.413 e. The van der Waals surface area contributed by atoms with Gasteiger partial charge in [-0.2, -0.15) is 0 Å². The molecule has 0 spiro atoms. The van der Waals surface area contributed by atoms with E-state index in [0.717, 1.165) is 6.42 Å². The van der Waals surface area contributed by atoms with Crippen molar-refractivity contribution in [2.75, 3.05) is 0 Å². The third kappa shape index (κ3) is 3.72. The van der Waals surface area contributed by atoms with Crippen LogP contribution < -0.4 is 0 Å². The lowest BCUT2D eigenvalue weighted by Crippen LogP contribution is -2.69. The summed E-state index contributed by atoms with van der Waals surface area (Å²) < 4.78 is 20.7. The summed E-state index contributed by atoms with van der Waals surface area (Å²) in [6.45, 7) is 25.5. The molecule has 202 valence electrons. The molecule has 4 nitrogen and oxygen atoms in total. The van der Waals surface area contributed by atoms with Gasteiger partial charge in [-0.15, -0.1) is 0 Å². The van der Waals surface area contributed by atoms with Crippen LogP contribution in [0.4, 0.5) is 0 Å². The topological polar surface area (TPSA) is 47.9 Å². The van der Waals surface area contributed by atoms with Crippen molar-refractivity contribution in [2.24, 2.45) is 40.4 Å². The van der Waals surface area contributed by atoms with Crippen LogP contribution in [0.3, 0.4) is 0 Å². The molecule has 11 atom stereocenters. The standard InChI is InChI=1S/C30H54O4Si/c1-18-14-16-29(8)20-15-17-28(7)19(12-13-21(28)34-35(10,11)26(2,3)4)22(20)23-24(25(29)30(18,9)31)33-27(5,6)32-23/h18-25,31H,12-17H2,1-11H3/t18-,19?,20?,21?,22?,23?,24?,25?,28-,29+,30-/m0/s1. The number of ether oxygens (including phenoxy) is 2. The number of hydrogen-bond acceptors (Lipinski definition) is 4. The molecule has 5 rings (SSSR count). The van der Waals surface area contributed by atoms with Gasteiger partial charge in [-0.05, 0) is 112 Å². The number of hydrogen-bond donors (Lipinski definition) is 1. The van der Waals surface area contributed by atoms with Gasteiger partial charge in [0.1, 0.15) is 0 Å². The van der Waals surface area contributed by atoms with Crippen molar-refractivity contribution >= 4 is 8.32 Å². The lowest BCUT2D eigenvalue weighted by molar-refractivity contribution is -0.246. The second kappa shape index (κ2) is 7.80. The molecule has 35 heavy (non-hydrogen) atoms. The zero-order valence-corrected chi connectivity index (χ0v) is 25.5. The molecule has 0 amide bonds. The van der Waals surface area contributed by atoms with E-state index in [1.54, 1.807) is 0 Å². The van der Waals surface area contributed by atoms with Gasteiger partial charge in [0, 0.05) is 5.92 Å². The molecule has 0 aromatic carbocycles. The molecular weight excluding hydrogens is 452 g/mol. The third-order valence-electron chi connectivity index (χ3n) is 12.7. The summed E-state index contributed by atoms with van der Waals surface area (Å²) in [6.07, 6.45) is 7.55. The molecule has 4 aliphatic carbocycles. The van der Waals surface area contributed by atoms with Crippen LogP contribution in [0.15, 0.2) is 0 Å². The molecule has 0 radical (unpaired) electrons. The fraction of sp³-hybridized carbons (Fsp3) is 1.00. The van der Waals surface area contributed by atoms with E-state index >= 15 is 0 Å². The highest BCUT2D eigenvalue weighted by molar-refractivity contribution is 6.74. The molecule has 1 aliphatic heterocycles. The first kappa shape index (κ1) is 26.7. The zero-order chi connectivity index (χ0) is 26.0. The van der Waals surface area contributed by atoms with E-state index in [1.165, 1.54) is 32.1 Å². The van der Waals surface area contributed by atoms with Gasteiger partial charge < -0.3 is 19.0 Å². The second-order valence-electron chi connectivity index (χ2n) is 16.0. The van der Waals surface area contributed by atoms with Crippen LogP contribution >= 0.6 is 0 Å². The molecule has 7 unspecified atom stereocenters. The Morgan fingerprint density at radius 3 is 2.03 bits per heavy atom. The van der Waals surface area contributed by atoms with Crippen molar-refractivity contribution in [3.63, 3.8) is 0 Å². The van der Waals surface area contributed by atoms with Crippen LogP contribution in [0.5, 0.6) is 0 Å². The fourth-order valence-electron chi connectivity index (χ4n) is 9.55. The van der Waals surface area contributed by atoms with Crippen LogP contribution in [0.1, 0.15) is 101 Å². The van der Waals surface area contributed by atoms with E-state index in [4.69, 9.17) is 13.9 Å². The highest BCUT2D eigenvalue weighted by Gasteiger charge is 2.72. The summed E-state index contributed by atoms with van der Waals surface area (Å²) in [5, 5.41) is 12.2. The van der Waals surface area contributed by atoms with Gasteiger partial charge in [-0.25, -0.2) is 0 Å². The molecule has 0 aromatic heterocycles. The zero-order valence-electron chi connectivity index (χ0n) is 24.5. The number of aliphatic hydroxyl groups is 1. The van der Waals surface area contributed by atoms with Crippen LogP contribution in [0.25, 0.3) is 0 Å². The Balaban J connectivity index is 1.53. The first-order valence-electron chi connectivity index (χ1n) is 14.6. The van der Waals surface area contributed by atoms with Gasteiger partial charge in [-0.1, -0.05) is 41.5 Å². The van der Waals surface area contributed by atoms with Crippen molar-refractivity contribution in [3.05, 3.63) is 0 Å². The Morgan fingerprint density at radius 2 is 1.40 bits per heavy atom. The molecule has 1 N–H and O–H groups in total. The van der Waals surface area contributed by atoms with E-state index in [0.29, 0.717) is 23.9 Å². The van der Waals surface area contributed by atoms with Gasteiger partial charge in [0.15, 0.2) is 14.1 Å². The third-order valence-corrected chi connectivity index (χ3v) is 17.1. The Hall–Kier alpha value is 0.0569. The van der Waals surface area contributed by atoms with Gasteiger partial charge in [0.05, 0.1) is 23.9 Å². The summed E-state index contributed by atoms with van der Waals surface area (Å²) in [5.41, 5.74) is -0.439. The molecule has 0 bridgehead atoms. The largest absolute Gasteiger partial charge is 0.413 e. The maximum Gasteiger partial charge on any atom is 0.192 e. The Labute approximate surface area is 216 Å².